The Morgan fingerprint density at radius 3 is 1.75 bits per heavy atom. The van der Waals surface area contributed by atoms with Crippen LogP contribution in [0.25, 0.3) is 0 Å². The first-order valence-electron chi connectivity index (χ1n) is 11.8. The summed E-state index contributed by atoms with van der Waals surface area (Å²) in [6, 6.07) is 4.88. The summed E-state index contributed by atoms with van der Waals surface area (Å²) in [4.78, 5) is 42.7. The molecule has 0 radical (unpaired) electrons. The van der Waals surface area contributed by atoms with Crippen molar-refractivity contribution in [1.82, 2.24) is 25.3 Å². The summed E-state index contributed by atoms with van der Waals surface area (Å²) in [7, 11) is 3.32. The lowest BCUT2D eigenvalue weighted by molar-refractivity contribution is -0.131. The van der Waals surface area contributed by atoms with Crippen LogP contribution < -0.4 is 21.3 Å². The van der Waals surface area contributed by atoms with E-state index in [0.29, 0.717) is 24.5 Å². The van der Waals surface area contributed by atoms with Crippen molar-refractivity contribution >= 4 is 63.8 Å². The van der Waals surface area contributed by atoms with Crippen LogP contribution in [0.1, 0.15) is 23.2 Å². The Kier molecular flexibility index (Phi) is 10.2. The van der Waals surface area contributed by atoms with Crippen LogP contribution in [0.5, 0.6) is 0 Å². The van der Waals surface area contributed by atoms with Gasteiger partial charge in [-0.05, 0) is 62.5 Å². The number of likely N-dealkylation sites (tertiary alicyclic amines) is 1. The van der Waals surface area contributed by atoms with E-state index in [0.717, 1.165) is 39.0 Å². The number of ether oxygens (including phenoxy) is 1. The maximum atomic E-state index is 12.5. The monoisotopic (exact) mass is 535 g/mol. The van der Waals surface area contributed by atoms with E-state index in [-0.39, 0.29) is 40.7 Å². The summed E-state index contributed by atoms with van der Waals surface area (Å²) in [5, 5.41) is 12.3. The summed E-state index contributed by atoms with van der Waals surface area (Å²) >= 11 is 10.7. The van der Waals surface area contributed by atoms with Crippen molar-refractivity contribution in [3.05, 3.63) is 23.8 Å². The highest BCUT2D eigenvalue weighted by molar-refractivity contribution is 7.80. The van der Waals surface area contributed by atoms with Gasteiger partial charge in [0.15, 0.2) is 10.2 Å². The number of esters is 1. The molecule has 13 heteroatoms. The Labute approximate surface area is 221 Å². The zero-order valence-corrected chi connectivity index (χ0v) is 22.2. The van der Waals surface area contributed by atoms with Gasteiger partial charge in [0.05, 0.1) is 25.8 Å². The molecule has 0 aliphatic carbocycles. The topological polar surface area (TPSA) is 118 Å². The number of carbonyl (C=O) groups excluding carboxylic acids is 3. The molecule has 1 aromatic rings. The third kappa shape index (κ3) is 8.28. The van der Waals surface area contributed by atoms with E-state index < -0.39 is 5.97 Å². The van der Waals surface area contributed by atoms with Gasteiger partial charge < -0.3 is 40.7 Å². The molecule has 2 aliphatic heterocycles. The average Bonchev–Trinajstić information content (AvgIpc) is 3.41. The Hall–Kier alpha value is -3.03. The van der Waals surface area contributed by atoms with E-state index in [1.54, 1.807) is 28.0 Å². The fourth-order valence-corrected chi connectivity index (χ4v) is 4.30. The first-order valence-corrected chi connectivity index (χ1v) is 12.6. The van der Waals surface area contributed by atoms with Gasteiger partial charge in [0.2, 0.25) is 11.8 Å². The number of hydrogen-bond acceptors (Lipinski definition) is 7. The predicted molar refractivity (Wildman–Crippen MR) is 146 cm³/mol. The summed E-state index contributed by atoms with van der Waals surface area (Å²) in [6.07, 6.45) is 2.04. The van der Waals surface area contributed by atoms with Crippen molar-refractivity contribution in [3.63, 3.8) is 0 Å². The molecule has 1 aromatic carbocycles. The number of methoxy groups -OCH3 is 1. The van der Waals surface area contributed by atoms with E-state index in [2.05, 4.69) is 26.2 Å². The second-order valence-corrected chi connectivity index (χ2v) is 9.49. The Morgan fingerprint density at radius 1 is 0.806 bits per heavy atom. The zero-order valence-electron chi connectivity index (χ0n) is 20.6. The van der Waals surface area contributed by atoms with Crippen molar-refractivity contribution in [1.29, 1.82) is 0 Å². The quantitative estimate of drug-likeness (QED) is 0.288. The lowest BCUT2D eigenvalue weighted by atomic mass is 10.1. The normalized spacial score (nSPS) is 15.7. The number of benzene rings is 1. The van der Waals surface area contributed by atoms with Crippen LogP contribution in [0.2, 0.25) is 0 Å². The van der Waals surface area contributed by atoms with E-state index in [1.165, 1.54) is 7.11 Å². The number of piperazine rings is 1. The maximum Gasteiger partial charge on any atom is 0.337 e. The third-order valence-electron chi connectivity index (χ3n) is 5.98. The van der Waals surface area contributed by atoms with Gasteiger partial charge in [-0.3, -0.25) is 9.59 Å². The maximum absolute atomic E-state index is 12.5. The van der Waals surface area contributed by atoms with Gasteiger partial charge >= 0.3 is 5.97 Å². The molecule has 0 aromatic heterocycles. The Bertz CT molecular complexity index is 993. The fraction of sp³-hybridized carbons (Fsp3) is 0.522. The van der Waals surface area contributed by atoms with Crippen LogP contribution in [0, 0.1) is 0 Å². The second kappa shape index (κ2) is 13.3. The number of rotatable bonds is 7. The number of amides is 2. The summed E-state index contributed by atoms with van der Waals surface area (Å²) in [6.45, 7) is 4.74. The highest BCUT2D eigenvalue weighted by Gasteiger charge is 2.20. The number of nitrogens with one attached hydrogen (secondary N) is 4. The molecule has 0 unspecified atom stereocenters. The SMILES string of the molecule is COC(=O)c1cc(NC(=S)NCC(=O)N2CCCC2)cc(NC(=S)NCC(=O)N2CCN(C)CC2)c1. The minimum Gasteiger partial charge on any atom is -0.465 e. The molecule has 0 saturated carbocycles. The highest BCUT2D eigenvalue weighted by Crippen LogP contribution is 2.20. The van der Waals surface area contributed by atoms with E-state index in [4.69, 9.17) is 29.2 Å². The van der Waals surface area contributed by atoms with Crippen LogP contribution in [0.15, 0.2) is 18.2 Å². The molecule has 4 N–H and O–H groups in total. The van der Waals surface area contributed by atoms with Crippen LogP contribution in [0.3, 0.4) is 0 Å². The van der Waals surface area contributed by atoms with Gasteiger partial charge in [0.1, 0.15) is 0 Å². The van der Waals surface area contributed by atoms with Gasteiger partial charge in [0, 0.05) is 50.6 Å². The Balaban J connectivity index is 1.56. The zero-order chi connectivity index (χ0) is 26.1. The van der Waals surface area contributed by atoms with Crippen molar-refractivity contribution in [3.8, 4) is 0 Å². The van der Waals surface area contributed by atoms with Crippen molar-refractivity contribution in [2.24, 2.45) is 0 Å². The minimum atomic E-state index is -0.533. The molecule has 36 heavy (non-hydrogen) atoms. The lowest BCUT2D eigenvalue weighted by Gasteiger charge is -2.32. The number of carbonyl (C=O) groups is 3. The molecule has 2 aliphatic rings. The van der Waals surface area contributed by atoms with Gasteiger partial charge in [-0.15, -0.1) is 0 Å². The third-order valence-corrected chi connectivity index (χ3v) is 6.48. The molecular formula is C23H33N7O4S2. The molecule has 2 heterocycles. The summed E-state index contributed by atoms with van der Waals surface area (Å²) in [5.41, 5.74) is 1.28. The van der Waals surface area contributed by atoms with E-state index in [1.807, 2.05) is 7.05 Å². The molecule has 2 amide bonds. The van der Waals surface area contributed by atoms with Crippen LogP contribution in [-0.2, 0) is 14.3 Å². The molecule has 2 fully saturated rings. The number of anilines is 2. The van der Waals surface area contributed by atoms with Gasteiger partial charge in [-0.2, -0.15) is 0 Å². The first-order chi connectivity index (χ1) is 17.2. The predicted octanol–water partition coefficient (Wildman–Crippen LogP) is 0.442. The van der Waals surface area contributed by atoms with Crippen LogP contribution in [-0.4, -0.2) is 109 Å². The molecule has 2 saturated heterocycles. The van der Waals surface area contributed by atoms with Crippen molar-refractivity contribution < 1.29 is 19.1 Å². The molecule has 0 spiro atoms. The molecule has 3 rings (SSSR count). The smallest absolute Gasteiger partial charge is 0.337 e. The number of likely N-dealkylation sites (N-methyl/N-ethyl adjacent to an activating group) is 1. The second-order valence-electron chi connectivity index (χ2n) is 8.68. The van der Waals surface area contributed by atoms with E-state index >= 15 is 0 Å². The highest BCUT2D eigenvalue weighted by atomic mass is 32.1. The van der Waals surface area contributed by atoms with Gasteiger partial charge in [-0.1, -0.05) is 0 Å². The molecule has 11 nitrogen and oxygen atoms in total. The lowest BCUT2D eigenvalue weighted by Crippen LogP contribution is -2.50. The van der Waals surface area contributed by atoms with Crippen LogP contribution >= 0.6 is 24.4 Å². The Morgan fingerprint density at radius 2 is 1.28 bits per heavy atom. The first kappa shape index (κ1) is 27.6. The van der Waals surface area contributed by atoms with Crippen molar-refractivity contribution in [2.45, 2.75) is 12.8 Å². The van der Waals surface area contributed by atoms with Crippen LogP contribution in [0.4, 0.5) is 11.4 Å². The largest absolute Gasteiger partial charge is 0.465 e. The van der Waals surface area contributed by atoms with E-state index in [9.17, 15) is 14.4 Å². The van der Waals surface area contributed by atoms with Crippen molar-refractivity contribution in [2.75, 3.05) is 77.1 Å². The number of thiocarbonyl (C=S) groups is 2. The van der Waals surface area contributed by atoms with Gasteiger partial charge in [0.25, 0.3) is 0 Å². The standard InChI is InChI=1S/C23H33N7O4S2/c1-28-7-9-30(10-8-28)20(32)15-25-23(36)27-18-12-16(21(33)34-2)11-17(13-18)26-22(35)24-14-19(31)29-5-3-4-6-29/h11-13H,3-10,14-15H2,1-2H3,(H2,24,26,35)(H2,25,27,36). The molecular weight excluding hydrogens is 502 g/mol. The average molecular weight is 536 g/mol. The summed E-state index contributed by atoms with van der Waals surface area (Å²) in [5.74, 6) is -0.573. The number of hydrogen-bond donors (Lipinski definition) is 4. The minimum absolute atomic E-state index is 0.00939. The van der Waals surface area contributed by atoms with Gasteiger partial charge in [-0.25, -0.2) is 4.79 Å². The molecule has 0 bridgehead atoms. The molecule has 0 atom stereocenters. The number of nitrogens with zero attached hydrogens (tertiary/aromatic N) is 3. The molecule has 196 valence electrons. The summed E-state index contributed by atoms with van der Waals surface area (Å²) < 4.78 is 4.85. The fourth-order valence-electron chi connectivity index (χ4n) is 3.92.